The lowest BCUT2D eigenvalue weighted by Gasteiger charge is -2.30. The molecule has 4 aromatic rings. The number of rotatable bonds is 11. The number of primary amides is 1. The first-order chi connectivity index (χ1) is 21.0. The van der Waals surface area contributed by atoms with E-state index in [0.29, 0.717) is 35.1 Å². The molecular weight excluding hydrogens is 594 g/mol. The third kappa shape index (κ3) is 6.02. The quantitative estimate of drug-likeness (QED) is 0.200. The molecule has 2 heterocycles. The Bertz CT molecular complexity index is 1780. The van der Waals surface area contributed by atoms with Crippen molar-refractivity contribution in [3.8, 4) is 22.8 Å². The molecule has 0 spiro atoms. The minimum Gasteiger partial charge on any atom is -0.494 e. The number of ether oxygens (including phenoxy) is 2. The van der Waals surface area contributed by atoms with Gasteiger partial charge in [0.15, 0.2) is 11.6 Å². The molecule has 1 fully saturated rings. The topological polar surface area (TPSA) is 137 Å². The second-order valence-electron chi connectivity index (χ2n) is 10.7. The van der Waals surface area contributed by atoms with Gasteiger partial charge in [-0.2, -0.15) is 0 Å². The second-order valence-corrected chi connectivity index (χ2v) is 11.1. The van der Waals surface area contributed by atoms with E-state index in [1.165, 1.54) is 19.2 Å². The van der Waals surface area contributed by atoms with Gasteiger partial charge in [0, 0.05) is 27.8 Å². The molecule has 2 aromatic heterocycles. The summed E-state index contributed by atoms with van der Waals surface area (Å²) in [4.78, 5) is 34.6. The van der Waals surface area contributed by atoms with Crippen molar-refractivity contribution < 1.29 is 33.0 Å². The van der Waals surface area contributed by atoms with Crippen LogP contribution < -0.4 is 20.5 Å². The molecular formula is C32H31ClF2N4O5. The number of nitrogens with two attached hydrogens (primary N) is 1. The summed E-state index contributed by atoms with van der Waals surface area (Å²) in [5.74, 6) is -3.37. The number of aromatic nitrogens is 2. The first-order valence-electron chi connectivity index (χ1n) is 14.0. The number of nitrogens with zero attached hydrogens (tertiary/aromatic N) is 2. The molecule has 9 nitrogen and oxygen atoms in total. The molecule has 44 heavy (non-hydrogen) atoms. The summed E-state index contributed by atoms with van der Waals surface area (Å²) in [5.41, 5.74) is 5.89. The average Bonchev–Trinajstić information content (AvgIpc) is 3.85. The van der Waals surface area contributed by atoms with E-state index in [1.54, 1.807) is 19.1 Å². The number of carbonyl (C=O) groups is 2. The number of carbonyl (C=O) groups excluding carboxylic acids is 2. The number of halogens is 3. The van der Waals surface area contributed by atoms with Gasteiger partial charge in [-0.3, -0.25) is 9.59 Å². The maximum atomic E-state index is 14.6. The molecule has 12 heteroatoms. The molecule has 1 saturated carbocycles. The van der Waals surface area contributed by atoms with Gasteiger partial charge >= 0.3 is 0 Å². The molecule has 2 aromatic carbocycles. The fourth-order valence-electron chi connectivity index (χ4n) is 5.23. The van der Waals surface area contributed by atoms with E-state index in [9.17, 15) is 23.5 Å². The van der Waals surface area contributed by atoms with Gasteiger partial charge in [0.25, 0.3) is 5.91 Å². The highest BCUT2D eigenvalue weighted by Crippen LogP contribution is 2.47. The molecule has 0 saturated heterocycles. The van der Waals surface area contributed by atoms with Crippen LogP contribution >= 0.6 is 11.6 Å². The molecule has 1 aliphatic carbocycles. The predicted molar refractivity (Wildman–Crippen MR) is 161 cm³/mol. The summed E-state index contributed by atoms with van der Waals surface area (Å²) in [5, 5.41) is 15.1. The second kappa shape index (κ2) is 12.3. The molecule has 0 unspecified atom stereocenters. The predicted octanol–water partition coefficient (Wildman–Crippen LogP) is 5.00. The molecule has 5 rings (SSSR count). The SMILES string of the molecule is CCOc1c(CC(N)=O)cc([C@@](O)(CNC(=O)c2cc(OC)c3nc(C)ccc3c2)C2CC2)nc1-c1ccc(F)c(F)c1Cl. The van der Waals surface area contributed by atoms with Crippen molar-refractivity contribution in [2.45, 2.75) is 38.7 Å². The lowest BCUT2D eigenvalue weighted by Crippen LogP contribution is -2.43. The van der Waals surface area contributed by atoms with Gasteiger partial charge in [0.2, 0.25) is 5.91 Å². The van der Waals surface area contributed by atoms with Gasteiger partial charge in [-0.25, -0.2) is 18.7 Å². The summed E-state index contributed by atoms with van der Waals surface area (Å²) in [6.07, 6.45) is 0.988. The minimum absolute atomic E-state index is 0.00281. The van der Waals surface area contributed by atoms with Crippen LogP contribution in [0.1, 0.15) is 47.1 Å². The fraction of sp³-hybridized carbons (Fsp3) is 0.312. The van der Waals surface area contributed by atoms with E-state index in [-0.39, 0.29) is 53.8 Å². The Kier molecular flexibility index (Phi) is 8.71. The molecule has 0 radical (unpaired) electrons. The third-order valence-corrected chi connectivity index (χ3v) is 7.96. The summed E-state index contributed by atoms with van der Waals surface area (Å²) >= 11 is 6.21. The summed E-state index contributed by atoms with van der Waals surface area (Å²) in [7, 11) is 1.49. The van der Waals surface area contributed by atoms with Crippen molar-refractivity contribution in [3.63, 3.8) is 0 Å². The Morgan fingerprint density at radius 3 is 2.57 bits per heavy atom. The van der Waals surface area contributed by atoms with Crippen molar-refractivity contribution in [3.05, 3.63) is 81.6 Å². The zero-order chi connectivity index (χ0) is 31.8. The number of hydrogen-bond acceptors (Lipinski definition) is 7. The van der Waals surface area contributed by atoms with Crippen LogP contribution in [0.3, 0.4) is 0 Å². The largest absolute Gasteiger partial charge is 0.494 e. The Balaban J connectivity index is 1.57. The Morgan fingerprint density at radius 2 is 1.91 bits per heavy atom. The zero-order valence-electron chi connectivity index (χ0n) is 24.3. The average molecular weight is 625 g/mol. The van der Waals surface area contributed by atoms with Crippen molar-refractivity contribution in [2.75, 3.05) is 20.3 Å². The molecule has 4 N–H and O–H groups in total. The number of pyridine rings is 2. The van der Waals surface area contributed by atoms with Crippen LogP contribution in [-0.2, 0) is 16.8 Å². The lowest BCUT2D eigenvalue weighted by atomic mass is 9.90. The monoisotopic (exact) mass is 624 g/mol. The first kappa shape index (κ1) is 31.1. The lowest BCUT2D eigenvalue weighted by molar-refractivity contribution is -0.117. The van der Waals surface area contributed by atoms with E-state index >= 15 is 0 Å². The van der Waals surface area contributed by atoms with Crippen LogP contribution in [0, 0.1) is 24.5 Å². The van der Waals surface area contributed by atoms with Crippen molar-refractivity contribution in [2.24, 2.45) is 11.7 Å². The zero-order valence-corrected chi connectivity index (χ0v) is 25.1. The van der Waals surface area contributed by atoms with Crippen LogP contribution in [0.5, 0.6) is 11.5 Å². The number of aliphatic hydroxyl groups is 1. The van der Waals surface area contributed by atoms with Crippen LogP contribution in [0.15, 0.2) is 42.5 Å². The van der Waals surface area contributed by atoms with E-state index in [0.717, 1.165) is 11.8 Å². The van der Waals surface area contributed by atoms with Crippen LogP contribution in [0.25, 0.3) is 22.2 Å². The van der Waals surface area contributed by atoms with E-state index < -0.39 is 34.1 Å². The van der Waals surface area contributed by atoms with Crippen LogP contribution in [-0.4, -0.2) is 47.2 Å². The highest BCUT2D eigenvalue weighted by Gasteiger charge is 2.47. The fourth-order valence-corrected chi connectivity index (χ4v) is 5.48. The molecule has 1 aliphatic rings. The molecule has 1 atom stereocenters. The Hall–Kier alpha value is -4.35. The highest BCUT2D eigenvalue weighted by atomic mass is 35.5. The van der Waals surface area contributed by atoms with Crippen LogP contribution in [0.2, 0.25) is 5.02 Å². The number of aryl methyl sites for hydroxylation is 1. The van der Waals surface area contributed by atoms with E-state index in [1.807, 2.05) is 19.1 Å². The number of nitrogens with one attached hydrogen (secondary N) is 1. The molecule has 230 valence electrons. The first-order valence-corrected chi connectivity index (χ1v) is 14.4. The van der Waals surface area contributed by atoms with Gasteiger partial charge < -0.3 is 25.6 Å². The Morgan fingerprint density at radius 1 is 1.16 bits per heavy atom. The number of hydrogen-bond donors (Lipinski definition) is 3. The van der Waals surface area contributed by atoms with Crippen molar-refractivity contribution >= 4 is 34.3 Å². The normalized spacial score (nSPS) is 14.2. The smallest absolute Gasteiger partial charge is 0.251 e. The highest BCUT2D eigenvalue weighted by molar-refractivity contribution is 6.33. The summed E-state index contributed by atoms with van der Waals surface area (Å²) in [6, 6.07) is 10.5. The van der Waals surface area contributed by atoms with Gasteiger partial charge in [0.05, 0.1) is 37.4 Å². The van der Waals surface area contributed by atoms with E-state index in [2.05, 4.69) is 15.3 Å². The molecule has 0 aliphatic heterocycles. The standard InChI is InChI=1S/C32H31ClF2N4O5/c1-4-44-30-18(14-25(36)40)13-24(39-29(30)21-9-10-22(34)27(35)26(21)33)32(42,20-7-8-20)15-37-31(41)19-11-17-6-5-16(2)38-28(17)23(12-19)43-3/h5-6,9-13,20,42H,4,7-8,14-15H2,1-3H3,(H2,36,40)(H,37,41)/t32-/m1/s1. The van der Waals surface area contributed by atoms with E-state index in [4.69, 9.17) is 26.8 Å². The van der Waals surface area contributed by atoms with Gasteiger partial charge in [-0.05, 0) is 69.0 Å². The maximum absolute atomic E-state index is 14.6. The van der Waals surface area contributed by atoms with Crippen molar-refractivity contribution in [1.29, 1.82) is 0 Å². The van der Waals surface area contributed by atoms with Gasteiger partial charge in [-0.15, -0.1) is 0 Å². The third-order valence-electron chi connectivity index (χ3n) is 7.59. The van der Waals surface area contributed by atoms with Gasteiger partial charge in [-0.1, -0.05) is 17.7 Å². The van der Waals surface area contributed by atoms with Gasteiger partial charge in [0.1, 0.15) is 28.3 Å². The number of amides is 2. The number of methoxy groups -OCH3 is 1. The van der Waals surface area contributed by atoms with Crippen molar-refractivity contribution in [1.82, 2.24) is 15.3 Å². The number of fused-ring (bicyclic) bond motifs is 1. The summed E-state index contributed by atoms with van der Waals surface area (Å²) in [6.45, 7) is 3.46. The minimum atomic E-state index is -1.70. The number of benzene rings is 2. The molecule has 2 amide bonds. The van der Waals surface area contributed by atoms with Crippen LogP contribution in [0.4, 0.5) is 8.78 Å². The Labute approximate surface area is 257 Å². The molecule has 0 bridgehead atoms. The summed E-state index contributed by atoms with van der Waals surface area (Å²) < 4.78 is 39.8. The maximum Gasteiger partial charge on any atom is 0.251 e.